The number of carbonyl (C=O) groups excluding carboxylic acids is 1. The molecule has 0 aliphatic carbocycles. The fourth-order valence-electron chi connectivity index (χ4n) is 8.00. The van der Waals surface area contributed by atoms with Gasteiger partial charge in [-0.1, -0.05) is 98.3 Å². The molecule has 1 amide bonds. The van der Waals surface area contributed by atoms with Crippen molar-refractivity contribution in [3.63, 3.8) is 0 Å². The van der Waals surface area contributed by atoms with Crippen LogP contribution in [-0.2, 0) is 38.5 Å². The Balaban J connectivity index is 0.000000228. The van der Waals surface area contributed by atoms with E-state index in [1.807, 2.05) is 41.3 Å². The van der Waals surface area contributed by atoms with Crippen molar-refractivity contribution in [2.45, 2.75) is 96.1 Å². The second-order valence-electron chi connectivity index (χ2n) is 16.5. The molecule has 7 rings (SSSR count). The molecule has 5 aromatic rings. The number of ether oxygens (including phenoxy) is 1. The van der Waals surface area contributed by atoms with Gasteiger partial charge in [0, 0.05) is 56.9 Å². The number of amides is 1. The number of nitrogens with zero attached hydrogens (tertiary/aromatic N) is 3. The molecular weight excluding hydrogens is 815 g/mol. The van der Waals surface area contributed by atoms with Gasteiger partial charge in [0.05, 0.1) is 17.7 Å². The van der Waals surface area contributed by atoms with Crippen LogP contribution in [0.5, 0.6) is 5.75 Å². The summed E-state index contributed by atoms with van der Waals surface area (Å²) in [5.41, 5.74) is 3.42. The van der Waals surface area contributed by atoms with Crippen molar-refractivity contribution in [2.24, 2.45) is 0 Å². The monoisotopic (exact) mass is 872 g/mol. The fraction of sp³-hybridized carbons (Fsp3) is 0.392. The third-order valence-electron chi connectivity index (χ3n) is 11.7. The van der Waals surface area contributed by atoms with E-state index in [9.17, 15) is 31.1 Å². The number of benzene rings is 5. The molecule has 0 aromatic heterocycles. The van der Waals surface area contributed by atoms with E-state index in [0.29, 0.717) is 30.3 Å². The lowest BCUT2D eigenvalue weighted by molar-refractivity contribution is -0.138. The summed E-state index contributed by atoms with van der Waals surface area (Å²) in [6.45, 7) is 9.22. The first kappa shape index (κ1) is 47.3. The Bertz CT molecular complexity index is 2080. The van der Waals surface area contributed by atoms with Gasteiger partial charge in [0.1, 0.15) is 5.75 Å². The highest BCUT2D eigenvalue weighted by Gasteiger charge is 2.32. The molecule has 0 spiro atoms. The lowest BCUT2D eigenvalue weighted by Gasteiger charge is -2.39. The number of hydrogen-bond donors (Lipinski definition) is 1. The molecule has 2 aliphatic rings. The van der Waals surface area contributed by atoms with Gasteiger partial charge in [-0.05, 0) is 116 Å². The summed E-state index contributed by atoms with van der Waals surface area (Å²) in [5.74, 6) is 0.602. The molecule has 2 heterocycles. The van der Waals surface area contributed by atoms with Gasteiger partial charge < -0.3 is 15.0 Å². The molecule has 12 heteroatoms. The maximum absolute atomic E-state index is 13.7. The lowest BCUT2D eigenvalue weighted by Crippen LogP contribution is -2.46. The van der Waals surface area contributed by atoms with Crippen molar-refractivity contribution >= 4 is 5.91 Å². The number of alkyl halides is 6. The molecule has 2 aliphatic heterocycles. The maximum Gasteiger partial charge on any atom is 0.416 e. The van der Waals surface area contributed by atoms with Crippen molar-refractivity contribution in [3.05, 3.63) is 172 Å². The zero-order valence-corrected chi connectivity index (χ0v) is 35.9. The van der Waals surface area contributed by atoms with Crippen molar-refractivity contribution in [3.8, 4) is 5.75 Å². The van der Waals surface area contributed by atoms with Crippen LogP contribution in [0.1, 0.15) is 89.2 Å². The predicted molar refractivity (Wildman–Crippen MR) is 236 cm³/mol. The van der Waals surface area contributed by atoms with Crippen molar-refractivity contribution in [1.29, 1.82) is 0 Å². The smallest absolute Gasteiger partial charge is 0.416 e. The number of hydrogen-bond acceptors (Lipinski definition) is 5. The number of nitrogens with one attached hydrogen (secondary N) is 1. The lowest BCUT2D eigenvalue weighted by atomic mass is 10.00. The Hall–Kier alpha value is -5.17. The van der Waals surface area contributed by atoms with E-state index < -0.39 is 23.5 Å². The second kappa shape index (κ2) is 23.0. The van der Waals surface area contributed by atoms with Gasteiger partial charge >= 0.3 is 12.4 Å². The Morgan fingerprint density at radius 1 is 0.619 bits per heavy atom. The van der Waals surface area contributed by atoms with E-state index >= 15 is 0 Å². The first-order valence-electron chi connectivity index (χ1n) is 22.0. The van der Waals surface area contributed by atoms with Gasteiger partial charge in [0.2, 0.25) is 0 Å². The minimum atomic E-state index is -4.39. The summed E-state index contributed by atoms with van der Waals surface area (Å²) in [5, 5.41) is 3.47. The van der Waals surface area contributed by atoms with Crippen molar-refractivity contribution in [2.75, 3.05) is 32.8 Å². The molecule has 0 saturated carbocycles. The number of carbonyl (C=O) groups is 1. The van der Waals surface area contributed by atoms with E-state index in [4.69, 9.17) is 4.74 Å². The summed E-state index contributed by atoms with van der Waals surface area (Å²) in [6.07, 6.45) is -2.92. The molecular formula is C51H58F6N4O2. The average Bonchev–Trinajstić information content (AvgIpc) is 3.29. The van der Waals surface area contributed by atoms with Crippen LogP contribution >= 0.6 is 0 Å². The van der Waals surface area contributed by atoms with Gasteiger partial charge in [-0.3, -0.25) is 14.6 Å². The van der Waals surface area contributed by atoms with Crippen LogP contribution in [0.25, 0.3) is 0 Å². The SMILES string of the molecule is CCCCOc1ccc(C(=O)N(Cc2ccc(C(F)(F)F)cc2)C2CCN(Cc3ccccc3)CC2)cc1.FC(F)(F)c1ccc(CNC2CCN(Cc3ccccc3)CC2)cc1. The van der Waals surface area contributed by atoms with Crippen LogP contribution in [-0.4, -0.2) is 65.5 Å². The van der Waals surface area contributed by atoms with Gasteiger partial charge in [0.15, 0.2) is 0 Å². The van der Waals surface area contributed by atoms with Crippen molar-refractivity contribution in [1.82, 2.24) is 20.0 Å². The number of rotatable bonds is 15. The molecule has 1 N–H and O–H groups in total. The Morgan fingerprint density at radius 3 is 1.57 bits per heavy atom. The molecule has 5 aromatic carbocycles. The molecule has 0 atom stereocenters. The number of halogens is 6. The second-order valence-corrected chi connectivity index (χ2v) is 16.5. The molecule has 0 unspecified atom stereocenters. The quantitative estimate of drug-likeness (QED) is 0.0839. The van der Waals surface area contributed by atoms with E-state index in [-0.39, 0.29) is 18.5 Å². The average molecular weight is 873 g/mol. The summed E-state index contributed by atoms with van der Waals surface area (Å²) in [7, 11) is 0. The molecule has 6 nitrogen and oxygen atoms in total. The minimum Gasteiger partial charge on any atom is -0.494 e. The number of unbranched alkanes of at least 4 members (excludes halogenated alkanes) is 1. The molecule has 0 bridgehead atoms. The summed E-state index contributed by atoms with van der Waals surface area (Å²) in [4.78, 5) is 20.4. The highest BCUT2D eigenvalue weighted by atomic mass is 19.4. The first-order chi connectivity index (χ1) is 30.3. The topological polar surface area (TPSA) is 48.1 Å². The van der Waals surface area contributed by atoms with Crippen molar-refractivity contribution < 1.29 is 35.9 Å². The highest BCUT2D eigenvalue weighted by molar-refractivity contribution is 5.94. The van der Waals surface area contributed by atoms with Crippen LogP contribution in [0.4, 0.5) is 26.3 Å². The van der Waals surface area contributed by atoms with E-state index in [2.05, 4.69) is 58.4 Å². The summed E-state index contributed by atoms with van der Waals surface area (Å²) >= 11 is 0. The highest BCUT2D eigenvalue weighted by Crippen LogP contribution is 2.31. The van der Waals surface area contributed by atoms with Crippen LogP contribution in [0.3, 0.4) is 0 Å². The summed E-state index contributed by atoms with van der Waals surface area (Å²) in [6, 6.07) is 38.9. The van der Waals surface area contributed by atoms with Crippen LogP contribution in [0.15, 0.2) is 133 Å². The van der Waals surface area contributed by atoms with Crippen LogP contribution < -0.4 is 10.1 Å². The third-order valence-corrected chi connectivity index (χ3v) is 11.7. The fourth-order valence-corrected chi connectivity index (χ4v) is 8.00. The predicted octanol–water partition coefficient (Wildman–Crippen LogP) is 11.7. The zero-order valence-electron chi connectivity index (χ0n) is 35.9. The van der Waals surface area contributed by atoms with Gasteiger partial charge in [-0.25, -0.2) is 0 Å². The Morgan fingerprint density at radius 2 is 1.10 bits per heavy atom. The van der Waals surface area contributed by atoms with E-state index in [1.54, 1.807) is 24.3 Å². The number of likely N-dealkylation sites (tertiary alicyclic amines) is 2. The molecule has 2 fully saturated rings. The number of piperidine rings is 2. The minimum absolute atomic E-state index is 0.00250. The van der Waals surface area contributed by atoms with Crippen LogP contribution in [0, 0.1) is 0 Å². The normalized spacial score (nSPS) is 15.7. The maximum atomic E-state index is 13.7. The van der Waals surface area contributed by atoms with Crippen LogP contribution in [0.2, 0.25) is 0 Å². The molecule has 2 saturated heterocycles. The zero-order chi connectivity index (χ0) is 44.7. The van der Waals surface area contributed by atoms with E-state index in [1.165, 1.54) is 23.3 Å². The largest absolute Gasteiger partial charge is 0.494 e. The van der Waals surface area contributed by atoms with Gasteiger partial charge in [0.25, 0.3) is 5.91 Å². The Labute approximate surface area is 367 Å². The molecule has 63 heavy (non-hydrogen) atoms. The van der Waals surface area contributed by atoms with Gasteiger partial charge in [-0.15, -0.1) is 0 Å². The van der Waals surface area contributed by atoms with E-state index in [0.717, 1.165) is 113 Å². The Kier molecular flexibility index (Phi) is 17.2. The summed E-state index contributed by atoms with van der Waals surface area (Å²) < 4.78 is 82.6. The standard InChI is InChI=1S/C31H35F3N2O2.C20H23F3N2/c1-2-3-21-38-29-15-11-26(12-16-29)30(37)36(23-25-9-13-27(14-10-25)31(32,33)34)28-17-19-35(20-18-28)22-24-7-5-4-6-8-24;21-20(22,23)18-8-6-16(7-9-18)14-24-19-10-12-25(13-11-19)15-17-4-2-1-3-5-17/h4-16,28H,2-3,17-23H2,1H3;1-9,19,24H,10-15H2. The van der Waals surface area contributed by atoms with Gasteiger partial charge in [-0.2, -0.15) is 26.3 Å². The third kappa shape index (κ3) is 15.0. The molecule has 336 valence electrons. The first-order valence-corrected chi connectivity index (χ1v) is 22.0. The molecule has 0 radical (unpaired) electrons.